The third-order valence-electron chi connectivity index (χ3n) is 3.19. The molecule has 2 aromatic rings. The van der Waals surface area contributed by atoms with Crippen molar-refractivity contribution in [1.82, 2.24) is 5.32 Å². The van der Waals surface area contributed by atoms with Crippen LogP contribution in [-0.4, -0.2) is 6.54 Å². The van der Waals surface area contributed by atoms with Crippen LogP contribution in [0.4, 0.5) is 0 Å². The summed E-state index contributed by atoms with van der Waals surface area (Å²) in [6.07, 6.45) is 5.01. The SMILES string of the molecule is Clc1cc2c(s1)CCC2NCCc1ccco1. The highest BCUT2D eigenvalue weighted by molar-refractivity contribution is 7.16. The Morgan fingerprint density at radius 2 is 2.47 bits per heavy atom. The van der Waals surface area contributed by atoms with Gasteiger partial charge in [0.1, 0.15) is 5.76 Å². The summed E-state index contributed by atoms with van der Waals surface area (Å²) in [6.45, 7) is 0.949. The molecule has 3 rings (SSSR count). The monoisotopic (exact) mass is 267 g/mol. The highest BCUT2D eigenvalue weighted by Crippen LogP contribution is 2.39. The highest BCUT2D eigenvalue weighted by atomic mass is 35.5. The van der Waals surface area contributed by atoms with Gasteiger partial charge in [0.15, 0.2) is 0 Å². The Balaban J connectivity index is 1.56. The van der Waals surface area contributed by atoms with Crippen LogP contribution < -0.4 is 5.32 Å². The second-order valence-electron chi connectivity index (χ2n) is 4.30. The molecule has 0 fully saturated rings. The first-order valence-corrected chi connectivity index (χ1v) is 7.06. The molecular formula is C13H14ClNOS. The van der Waals surface area contributed by atoms with Crippen molar-refractivity contribution in [2.45, 2.75) is 25.3 Å². The van der Waals surface area contributed by atoms with Crippen LogP contribution >= 0.6 is 22.9 Å². The van der Waals surface area contributed by atoms with Crippen LogP contribution in [0.1, 0.15) is 28.7 Å². The number of nitrogens with one attached hydrogen (secondary N) is 1. The lowest BCUT2D eigenvalue weighted by Crippen LogP contribution is -2.21. The molecule has 4 heteroatoms. The summed E-state index contributed by atoms with van der Waals surface area (Å²) in [6, 6.07) is 6.54. The van der Waals surface area contributed by atoms with Gasteiger partial charge in [-0.25, -0.2) is 0 Å². The van der Waals surface area contributed by atoms with E-state index in [4.69, 9.17) is 16.0 Å². The fraction of sp³-hybridized carbons (Fsp3) is 0.385. The Labute approximate surface area is 110 Å². The normalized spacial score (nSPS) is 18.5. The highest BCUT2D eigenvalue weighted by Gasteiger charge is 2.24. The lowest BCUT2D eigenvalue weighted by Gasteiger charge is -2.11. The predicted molar refractivity (Wildman–Crippen MR) is 70.8 cm³/mol. The summed E-state index contributed by atoms with van der Waals surface area (Å²) in [5.41, 5.74) is 1.40. The number of halogens is 1. The summed E-state index contributed by atoms with van der Waals surface area (Å²) < 4.78 is 6.22. The minimum atomic E-state index is 0.476. The number of hydrogen-bond acceptors (Lipinski definition) is 3. The maximum absolute atomic E-state index is 6.03. The van der Waals surface area contributed by atoms with Crippen molar-refractivity contribution < 1.29 is 4.42 Å². The van der Waals surface area contributed by atoms with E-state index in [2.05, 4.69) is 11.4 Å². The molecule has 17 heavy (non-hydrogen) atoms. The molecule has 0 amide bonds. The minimum absolute atomic E-state index is 0.476. The molecule has 2 nitrogen and oxygen atoms in total. The second kappa shape index (κ2) is 4.84. The van der Waals surface area contributed by atoms with E-state index in [-0.39, 0.29) is 0 Å². The second-order valence-corrected chi connectivity index (χ2v) is 6.07. The Kier molecular flexibility index (Phi) is 3.23. The van der Waals surface area contributed by atoms with E-state index in [0.717, 1.165) is 29.5 Å². The van der Waals surface area contributed by atoms with Crippen LogP contribution in [0, 0.1) is 0 Å². The predicted octanol–water partition coefficient (Wildman–Crippen LogP) is 3.81. The molecule has 1 aliphatic rings. The van der Waals surface area contributed by atoms with Gasteiger partial charge in [-0.15, -0.1) is 11.3 Å². The fourth-order valence-electron chi connectivity index (χ4n) is 2.37. The summed E-state index contributed by atoms with van der Waals surface area (Å²) in [5.74, 6) is 1.04. The maximum Gasteiger partial charge on any atom is 0.105 e. The van der Waals surface area contributed by atoms with Crippen LogP contribution in [0.15, 0.2) is 28.9 Å². The number of rotatable bonds is 4. The molecule has 2 heterocycles. The first-order chi connectivity index (χ1) is 8.33. The van der Waals surface area contributed by atoms with Gasteiger partial charge < -0.3 is 9.73 Å². The fourth-order valence-corrected chi connectivity index (χ4v) is 3.72. The zero-order valence-corrected chi connectivity index (χ0v) is 11.0. The van der Waals surface area contributed by atoms with Crippen molar-refractivity contribution >= 4 is 22.9 Å². The Hall–Kier alpha value is -0.770. The van der Waals surface area contributed by atoms with Gasteiger partial charge in [-0.05, 0) is 36.6 Å². The van der Waals surface area contributed by atoms with E-state index in [1.165, 1.54) is 16.9 Å². The number of furan rings is 1. The van der Waals surface area contributed by atoms with Gasteiger partial charge in [0.2, 0.25) is 0 Å². The van der Waals surface area contributed by atoms with Gasteiger partial charge in [-0.2, -0.15) is 0 Å². The molecule has 1 N–H and O–H groups in total. The molecular weight excluding hydrogens is 254 g/mol. The van der Waals surface area contributed by atoms with Gasteiger partial charge >= 0.3 is 0 Å². The molecule has 0 spiro atoms. The van der Waals surface area contributed by atoms with Crippen LogP contribution in [-0.2, 0) is 12.8 Å². The van der Waals surface area contributed by atoms with Gasteiger partial charge in [-0.3, -0.25) is 0 Å². The summed E-state index contributed by atoms with van der Waals surface area (Å²) in [4.78, 5) is 1.45. The summed E-state index contributed by atoms with van der Waals surface area (Å²) in [7, 11) is 0. The molecule has 0 saturated carbocycles. The average molecular weight is 268 g/mol. The third kappa shape index (κ3) is 2.41. The molecule has 0 saturated heterocycles. The molecule has 1 unspecified atom stereocenters. The Morgan fingerprint density at radius 1 is 1.53 bits per heavy atom. The summed E-state index contributed by atoms with van der Waals surface area (Å²) in [5, 5.41) is 3.58. The molecule has 1 atom stereocenters. The standard InChI is InChI=1S/C13H14ClNOS/c14-13-8-10-11(3-4-12(10)17-13)15-6-5-9-2-1-7-16-9/h1-2,7-8,11,15H,3-6H2. The topological polar surface area (TPSA) is 25.2 Å². The number of hydrogen-bond donors (Lipinski definition) is 1. The molecule has 0 radical (unpaired) electrons. The molecule has 90 valence electrons. The van der Waals surface area contributed by atoms with Crippen molar-refractivity contribution in [2.75, 3.05) is 6.54 Å². The zero-order chi connectivity index (χ0) is 11.7. The van der Waals surface area contributed by atoms with Crippen LogP contribution in [0.2, 0.25) is 4.34 Å². The average Bonchev–Trinajstić information content (AvgIpc) is 2.97. The van der Waals surface area contributed by atoms with Crippen molar-refractivity contribution in [1.29, 1.82) is 0 Å². The zero-order valence-electron chi connectivity index (χ0n) is 9.41. The molecule has 0 aliphatic heterocycles. The molecule has 2 aromatic heterocycles. The number of thiophene rings is 1. The van der Waals surface area contributed by atoms with Gasteiger partial charge in [-0.1, -0.05) is 11.6 Å². The van der Waals surface area contributed by atoms with E-state index >= 15 is 0 Å². The maximum atomic E-state index is 6.03. The summed E-state index contributed by atoms with van der Waals surface area (Å²) >= 11 is 7.75. The van der Waals surface area contributed by atoms with Gasteiger partial charge in [0.05, 0.1) is 10.6 Å². The first-order valence-electron chi connectivity index (χ1n) is 5.87. The van der Waals surface area contributed by atoms with Crippen LogP contribution in [0.25, 0.3) is 0 Å². The lowest BCUT2D eigenvalue weighted by molar-refractivity contribution is 0.476. The largest absolute Gasteiger partial charge is 0.469 e. The molecule has 1 aliphatic carbocycles. The van der Waals surface area contributed by atoms with E-state index in [1.54, 1.807) is 17.6 Å². The van der Waals surface area contributed by atoms with Crippen LogP contribution in [0.5, 0.6) is 0 Å². The van der Waals surface area contributed by atoms with E-state index < -0.39 is 0 Å². The minimum Gasteiger partial charge on any atom is -0.469 e. The first kappa shape index (κ1) is 11.3. The Bertz CT molecular complexity index is 491. The number of aryl methyl sites for hydroxylation is 1. The van der Waals surface area contributed by atoms with E-state index in [0.29, 0.717) is 6.04 Å². The lowest BCUT2D eigenvalue weighted by atomic mass is 10.1. The molecule has 0 aromatic carbocycles. The van der Waals surface area contributed by atoms with E-state index in [9.17, 15) is 0 Å². The smallest absolute Gasteiger partial charge is 0.105 e. The third-order valence-corrected chi connectivity index (χ3v) is 4.53. The van der Waals surface area contributed by atoms with E-state index in [1.807, 2.05) is 12.1 Å². The number of fused-ring (bicyclic) bond motifs is 1. The van der Waals surface area contributed by atoms with Crippen LogP contribution in [0.3, 0.4) is 0 Å². The van der Waals surface area contributed by atoms with Crippen molar-refractivity contribution in [3.63, 3.8) is 0 Å². The van der Waals surface area contributed by atoms with Crippen molar-refractivity contribution in [2.24, 2.45) is 0 Å². The Morgan fingerprint density at radius 3 is 3.29 bits per heavy atom. The van der Waals surface area contributed by atoms with Crippen molar-refractivity contribution in [3.05, 3.63) is 45.0 Å². The quantitative estimate of drug-likeness (QED) is 0.911. The van der Waals surface area contributed by atoms with Gasteiger partial charge in [0, 0.05) is 23.9 Å². The van der Waals surface area contributed by atoms with Gasteiger partial charge in [0.25, 0.3) is 0 Å². The van der Waals surface area contributed by atoms with Crippen molar-refractivity contribution in [3.8, 4) is 0 Å². The molecule has 0 bridgehead atoms.